The van der Waals surface area contributed by atoms with E-state index in [4.69, 9.17) is 4.74 Å². The lowest BCUT2D eigenvalue weighted by molar-refractivity contribution is -0.142. The smallest absolute Gasteiger partial charge is 0.229 e. The third-order valence-electron chi connectivity index (χ3n) is 8.30. The molecule has 2 heterocycles. The molecule has 0 radical (unpaired) electrons. The van der Waals surface area contributed by atoms with Crippen molar-refractivity contribution in [2.75, 3.05) is 53.9 Å². The maximum Gasteiger partial charge on any atom is 0.229 e. The van der Waals surface area contributed by atoms with Gasteiger partial charge in [0.25, 0.3) is 0 Å². The average molecular weight is 428 g/mol. The Morgan fingerprint density at radius 2 is 1.90 bits per heavy atom. The van der Waals surface area contributed by atoms with Gasteiger partial charge < -0.3 is 19.4 Å². The van der Waals surface area contributed by atoms with Gasteiger partial charge in [0.05, 0.1) is 18.9 Å². The van der Waals surface area contributed by atoms with Crippen molar-refractivity contribution >= 4 is 11.8 Å². The van der Waals surface area contributed by atoms with Crippen LogP contribution in [0.1, 0.15) is 38.2 Å². The highest BCUT2D eigenvalue weighted by Crippen LogP contribution is 2.62. The number of likely N-dealkylation sites (tertiary alicyclic amines) is 2. The fourth-order valence-corrected chi connectivity index (χ4v) is 6.56. The van der Waals surface area contributed by atoms with E-state index in [0.717, 1.165) is 69.7 Å². The van der Waals surface area contributed by atoms with E-state index in [1.165, 1.54) is 0 Å². The van der Waals surface area contributed by atoms with Crippen molar-refractivity contribution in [3.8, 4) is 5.75 Å². The van der Waals surface area contributed by atoms with E-state index in [0.29, 0.717) is 18.2 Å². The summed E-state index contributed by atoms with van der Waals surface area (Å²) in [6.45, 7) is 6.72. The second kappa shape index (κ2) is 8.45. The number of nitrogens with zero attached hydrogens (tertiary/aromatic N) is 3. The molecule has 31 heavy (non-hydrogen) atoms. The Labute approximate surface area is 186 Å². The number of methoxy groups -OCH3 is 1. The monoisotopic (exact) mass is 427 g/mol. The van der Waals surface area contributed by atoms with Gasteiger partial charge in [-0.2, -0.15) is 0 Å². The number of amides is 2. The van der Waals surface area contributed by atoms with Crippen LogP contribution < -0.4 is 4.74 Å². The summed E-state index contributed by atoms with van der Waals surface area (Å²) in [7, 11) is 5.44. The number of carbonyl (C=O) groups is 2. The van der Waals surface area contributed by atoms with Crippen molar-refractivity contribution in [2.45, 2.75) is 39.0 Å². The first-order valence-corrected chi connectivity index (χ1v) is 11.7. The Hall–Kier alpha value is -2.08. The van der Waals surface area contributed by atoms with Crippen molar-refractivity contribution < 1.29 is 14.3 Å². The standard InChI is InChI=1S/C25H37N3O3/c1-5-27-17-21-24(9-10-25(21,18-27)23(30)26(2)3)11-13-28(14-12-24)22(29)16-19-7-6-8-20(15-19)31-4/h6-8,15,21H,5,9-14,16-18H2,1-4H3/t21-,25+/m0/s1. The number of hydrogen-bond acceptors (Lipinski definition) is 4. The summed E-state index contributed by atoms with van der Waals surface area (Å²) >= 11 is 0. The van der Waals surface area contributed by atoms with Crippen molar-refractivity contribution in [1.82, 2.24) is 14.7 Å². The SMILES string of the molecule is CCN1C[C@H]2C3(CCN(C(=O)Cc4cccc(OC)c4)CC3)CC[C@@]2(C(=O)N(C)C)C1. The molecule has 0 aromatic heterocycles. The number of rotatable bonds is 5. The zero-order valence-corrected chi connectivity index (χ0v) is 19.5. The van der Waals surface area contributed by atoms with Gasteiger partial charge in [0.15, 0.2) is 0 Å². The summed E-state index contributed by atoms with van der Waals surface area (Å²) in [6.07, 6.45) is 4.55. The molecule has 4 rings (SSSR count). The molecule has 3 aliphatic rings. The van der Waals surface area contributed by atoms with Crippen molar-refractivity contribution in [1.29, 1.82) is 0 Å². The third kappa shape index (κ3) is 3.84. The molecule has 1 aromatic carbocycles. The molecule has 1 aromatic rings. The van der Waals surface area contributed by atoms with Crippen molar-refractivity contribution in [3.63, 3.8) is 0 Å². The molecule has 1 spiro atoms. The molecule has 1 saturated carbocycles. The van der Waals surface area contributed by atoms with Gasteiger partial charge in [0, 0.05) is 40.3 Å². The third-order valence-corrected chi connectivity index (χ3v) is 8.30. The maximum atomic E-state index is 13.3. The van der Waals surface area contributed by atoms with Crippen LogP contribution >= 0.6 is 0 Å². The molecular formula is C25H37N3O3. The van der Waals surface area contributed by atoms with Gasteiger partial charge >= 0.3 is 0 Å². The van der Waals surface area contributed by atoms with Crippen LogP contribution in [-0.2, 0) is 16.0 Å². The molecule has 2 aliphatic heterocycles. The second-order valence-electron chi connectivity index (χ2n) is 10.0. The Kier molecular flexibility index (Phi) is 6.03. The first-order valence-electron chi connectivity index (χ1n) is 11.7. The summed E-state index contributed by atoms with van der Waals surface area (Å²) in [5, 5.41) is 0. The van der Waals surface area contributed by atoms with Crippen LogP contribution in [0, 0.1) is 16.7 Å². The normalized spacial score (nSPS) is 27.4. The van der Waals surface area contributed by atoms with Gasteiger partial charge in [0.2, 0.25) is 11.8 Å². The lowest BCUT2D eigenvalue weighted by Crippen LogP contribution is -2.49. The summed E-state index contributed by atoms with van der Waals surface area (Å²) in [6, 6.07) is 7.77. The molecule has 2 saturated heterocycles. The highest BCUT2D eigenvalue weighted by molar-refractivity contribution is 5.84. The van der Waals surface area contributed by atoms with Crippen LogP contribution in [0.5, 0.6) is 5.75 Å². The van der Waals surface area contributed by atoms with Crippen LogP contribution in [0.15, 0.2) is 24.3 Å². The Balaban J connectivity index is 1.44. The summed E-state index contributed by atoms with van der Waals surface area (Å²) < 4.78 is 5.29. The highest BCUT2D eigenvalue weighted by Gasteiger charge is 2.64. The maximum absolute atomic E-state index is 13.3. The number of carbonyl (C=O) groups excluding carboxylic acids is 2. The average Bonchev–Trinajstić information content (AvgIpc) is 3.30. The van der Waals surface area contributed by atoms with Gasteiger partial charge in [-0.25, -0.2) is 0 Å². The molecule has 1 aliphatic carbocycles. The number of fused-ring (bicyclic) bond motifs is 2. The van der Waals surface area contributed by atoms with Crippen LogP contribution in [0.4, 0.5) is 0 Å². The fourth-order valence-electron chi connectivity index (χ4n) is 6.56. The van der Waals surface area contributed by atoms with Gasteiger partial charge in [-0.05, 0) is 61.3 Å². The van der Waals surface area contributed by atoms with Crippen molar-refractivity contribution in [3.05, 3.63) is 29.8 Å². The minimum absolute atomic E-state index is 0.193. The number of benzene rings is 1. The van der Waals surface area contributed by atoms with E-state index < -0.39 is 0 Å². The molecule has 6 nitrogen and oxygen atoms in total. The van der Waals surface area contributed by atoms with Gasteiger partial charge in [0.1, 0.15) is 5.75 Å². The first kappa shape index (κ1) is 22.1. The molecule has 2 atom stereocenters. The second-order valence-corrected chi connectivity index (χ2v) is 10.0. The highest BCUT2D eigenvalue weighted by atomic mass is 16.5. The van der Waals surface area contributed by atoms with E-state index in [1.807, 2.05) is 43.3 Å². The molecule has 0 unspecified atom stereocenters. The van der Waals surface area contributed by atoms with Crippen LogP contribution in [0.2, 0.25) is 0 Å². The van der Waals surface area contributed by atoms with Gasteiger partial charge in [-0.1, -0.05) is 19.1 Å². The molecular weight excluding hydrogens is 390 g/mol. The van der Waals surface area contributed by atoms with Gasteiger partial charge in [-0.15, -0.1) is 0 Å². The quantitative estimate of drug-likeness (QED) is 0.725. The minimum Gasteiger partial charge on any atom is -0.497 e. The zero-order valence-electron chi connectivity index (χ0n) is 19.5. The van der Waals surface area contributed by atoms with E-state index in [-0.39, 0.29) is 16.7 Å². The summed E-state index contributed by atoms with van der Waals surface area (Å²) in [5.41, 5.74) is 0.963. The molecule has 2 amide bonds. The summed E-state index contributed by atoms with van der Waals surface area (Å²) in [4.78, 5) is 32.6. The Morgan fingerprint density at radius 3 is 2.55 bits per heavy atom. The van der Waals surface area contributed by atoms with Crippen LogP contribution in [0.3, 0.4) is 0 Å². The van der Waals surface area contributed by atoms with Crippen LogP contribution in [-0.4, -0.2) is 80.4 Å². The first-order chi connectivity index (χ1) is 14.8. The van der Waals surface area contributed by atoms with E-state index in [9.17, 15) is 9.59 Å². The number of hydrogen-bond donors (Lipinski definition) is 0. The Morgan fingerprint density at radius 1 is 1.16 bits per heavy atom. The Bertz CT molecular complexity index is 831. The number of ether oxygens (including phenoxy) is 1. The molecule has 0 N–H and O–H groups in total. The van der Waals surface area contributed by atoms with Crippen molar-refractivity contribution in [2.24, 2.45) is 16.7 Å². The topological polar surface area (TPSA) is 53.1 Å². The largest absolute Gasteiger partial charge is 0.497 e. The molecule has 3 fully saturated rings. The number of piperidine rings is 1. The lowest BCUT2D eigenvalue weighted by atomic mass is 9.65. The predicted octanol–water partition coefficient (Wildman–Crippen LogP) is 2.67. The van der Waals surface area contributed by atoms with Crippen LogP contribution in [0.25, 0.3) is 0 Å². The molecule has 6 heteroatoms. The van der Waals surface area contributed by atoms with Gasteiger partial charge in [-0.3, -0.25) is 9.59 Å². The molecule has 170 valence electrons. The van der Waals surface area contributed by atoms with E-state index in [2.05, 4.69) is 11.8 Å². The summed E-state index contributed by atoms with van der Waals surface area (Å²) in [5.74, 6) is 1.70. The predicted molar refractivity (Wildman–Crippen MR) is 121 cm³/mol. The minimum atomic E-state index is -0.230. The van der Waals surface area contributed by atoms with E-state index >= 15 is 0 Å². The zero-order chi connectivity index (χ0) is 22.2. The lowest BCUT2D eigenvalue weighted by Gasteiger charge is -2.44. The van der Waals surface area contributed by atoms with E-state index in [1.54, 1.807) is 12.0 Å². The fraction of sp³-hybridized carbons (Fsp3) is 0.680. The molecule has 0 bridgehead atoms.